The van der Waals surface area contributed by atoms with Gasteiger partial charge in [-0.15, -0.1) is 5.10 Å². The summed E-state index contributed by atoms with van der Waals surface area (Å²) in [6.07, 6.45) is 4.28. The average molecular weight is 408 g/mol. The van der Waals surface area contributed by atoms with Crippen LogP contribution in [-0.4, -0.2) is 56.1 Å². The summed E-state index contributed by atoms with van der Waals surface area (Å²) < 4.78 is 5.43. The lowest BCUT2D eigenvalue weighted by molar-refractivity contribution is -0.389. The number of nitrogens with one attached hydrogen (secondary N) is 1. The molecule has 1 amide bonds. The van der Waals surface area contributed by atoms with Gasteiger partial charge in [-0.1, -0.05) is 17.2 Å². The van der Waals surface area contributed by atoms with E-state index >= 15 is 0 Å². The molecule has 0 spiro atoms. The Morgan fingerprint density at radius 2 is 2.03 bits per heavy atom. The lowest BCUT2D eigenvalue weighted by Gasteiger charge is -2.31. The molecule has 154 valence electrons. The second kappa shape index (κ2) is 8.27. The van der Waals surface area contributed by atoms with Crippen LogP contribution in [0.25, 0.3) is 11.3 Å². The first kappa shape index (κ1) is 19.5. The van der Waals surface area contributed by atoms with Crippen molar-refractivity contribution in [3.05, 3.63) is 64.2 Å². The van der Waals surface area contributed by atoms with E-state index in [0.717, 1.165) is 22.8 Å². The second-order valence-electron chi connectivity index (χ2n) is 6.96. The number of aromatic amines is 1. The number of nitrogens with zero attached hydrogens (tertiary/aromatic N) is 5. The molecular formula is C20H20N6O4. The number of carbonyl (C=O) groups excluding carboxylic acids is 1. The fourth-order valence-corrected chi connectivity index (χ4v) is 3.66. The number of hydrogen-bond donors (Lipinski definition) is 1. The maximum Gasteiger partial charge on any atom is 0.355 e. The molecule has 4 rings (SSSR count). The van der Waals surface area contributed by atoms with Crippen molar-refractivity contribution in [1.82, 2.24) is 25.1 Å². The average Bonchev–Trinajstić information content (AvgIpc) is 3.29. The van der Waals surface area contributed by atoms with E-state index in [4.69, 9.17) is 9.72 Å². The van der Waals surface area contributed by atoms with Crippen LogP contribution in [0.15, 0.2) is 42.7 Å². The molecule has 1 aromatic carbocycles. The molecule has 0 saturated carbocycles. The Kier molecular flexibility index (Phi) is 5.38. The van der Waals surface area contributed by atoms with Crippen molar-refractivity contribution >= 4 is 11.7 Å². The number of hydrogen-bond acceptors (Lipinski definition) is 7. The van der Waals surface area contributed by atoms with E-state index in [0.29, 0.717) is 25.9 Å². The Bertz CT molecular complexity index is 1070. The lowest BCUT2D eigenvalue weighted by atomic mass is 9.95. The zero-order valence-electron chi connectivity index (χ0n) is 16.3. The summed E-state index contributed by atoms with van der Waals surface area (Å²) in [5, 5.41) is 16.9. The number of piperidine rings is 1. The van der Waals surface area contributed by atoms with Crippen LogP contribution in [0.2, 0.25) is 0 Å². The van der Waals surface area contributed by atoms with Crippen molar-refractivity contribution in [2.75, 3.05) is 20.2 Å². The smallest absolute Gasteiger partial charge is 0.355 e. The van der Waals surface area contributed by atoms with Crippen molar-refractivity contribution in [1.29, 1.82) is 0 Å². The molecule has 10 heteroatoms. The Morgan fingerprint density at radius 3 is 2.77 bits per heavy atom. The van der Waals surface area contributed by atoms with E-state index in [2.05, 4.69) is 15.2 Å². The number of rotatable bonds is 5. The minimum atomic E-state index is -0.635. The quantitative estimate of drug-likeness (QED) is 0.508. The van der Waals surface area contributed by atoms with Crippen molar-refractivity contribution < 1.29 is 14.5 Å². The predicted octanol–water partition coefficient (Wildman–Crippen LogP) is 2.80. The van der Waals surface area contributed by atoms with E-state index in [1.165, 1.54) is 6.20 Å². The summed E-state index contributed by atoms with van der Waals surface area (Å²) >= 11 is 0. The first-order valence-electron chi connectivity index (χ1n) is 9.52. The van der Waals surface area contributed by atoms with Gasteiger partial charge < -0.3 is 19.8 Å². The highest BCUT2D eigenvalue weighted by atomic mass is 16.6. The molecule has 3 aromatic rings. The van der Waals surface area contributed by atoms with Crippen molar-refractivity contribution in [2.45, 2.75) is 18.8 Å². The number of carbonyl (C=O) groups is 1. The number of aromatic nitrogens is 4. The Balaban J connectivity index is 1.48. The third kappa shape index (κ3) is 3.71. The molecule has 2 aromatic heterocycles. The Hall–Kier alpha value is -3.82. The predicted molar refractivity (Wildman–Crippen MR) is 107 cm³/mol. The summed E-state index contributed by atoms with van der Waals surface area (Å²) in [6, 6.07) is 9.51. The van der Waals surface area contributed by atoms with E-state index in [1.54, 1.807) is 18.2 Å². The van der Waals surface area contributed by atoms with Crippen molar-refractivity contribution in [3.63, 3.8) is 0 Å². The Morgan fingerprint density at radius 1 is 1.27 bits per heavy atom. The van der Waals surface area contributed by atoms with Crippen LogP contribution in [0.5, 0.6) is 5.75 Å². The number of H-pyrrole nitrogens is 1. The summed E-state index contributed by atoms with van der Waals surface area (Å²) in [6.45, 7) is 0.933. The normalized spacial score (nSPS) is 14.5. The minimum Gasteiger partial charge on any atom is -0.496 e. The number of methoxy groups -OCH3 is 1. The zero-order valence-corrected chi connectivity index (χ0v) is 16.3. The van der Waals surface area contributed by atoms with Gasteiger partial charge in [0, 0.05) is 30.8 Å². The van der Waals surface area contributed by atoms with Crippen LogP contribution in [0.4, 0.5) is 5.82 Å². The van der Waals surface area contributed by atoms with Gasteiger partial charge in [-0.3, -0.25) is 4.79 Å². The molecule has 10 nitrogen and oxygen atoms in total. The van der Waals surface area contributed by atoms with Crippen LogP contribution >= 0.6 is 0 Å². The molecule has 0 radical (unpaired) electrons. The molecule has 3 heterocycles. The fraction of sp³-hybridized carbons (Fsp3) is 0.300. The highest BCUT2D eigenvalue weighted by molar-refractivity contribution is 5.97. The van der Waals surface area contributed by atoms with E-state index in [1.807, 2.05) is 30.3 Å². The summed E-state index contributed by atoms with van der Waals surface area (Å²) in [7, 11) is 1.62. The zero-order chi connectivity index (χ0) is 21.1. The van der Waals surface area contributed by atoms with E-state index in [9.17, 15) is 14.9 Å². The molecule has 0 bridgehead atoms. The van der Waals surface area contributed by atoms with Crippen molar-refractivity contribution in [3.8, 4) is 17.0 Å². The minimum absolute atomic E-state index is 0.0205. The number of benzene rings is 1. The lowest BCUT2D eigenvalue weighted by Crippen LogP contribution is -2.38. The molecule has 1 N–H and O–H groups in total. The maximum atomic E-state index is 12.7. The van der Waals surface area contributed by atoms with Crippen LogP contribution in [0.3, 0.4) is 0 Å². The Labute approximate surface area is 172 Å². The van der Waals surface area contributed by atoms with Crippen LogP contribution in [0, 0.1) is 10.1 Å². The third-order valence-corrected chi connectivity index (χ3v) is 5.24. The van der Waals surface area contributed by atoms with Gasteiger partial charge in [0.15, 0.2) is 5.56 Å². The summed E-state index contributed by atoms with van der Waals surface area (Å²) in [4.78, 5) is 33.8. The van der Waals surface area contributed by atoms with Crippen LogP contribution < -0.4 is 4.74 Å². The molecule has 30 heavy (non-hydrogen) atoms. The molecule has 0 unspecified atom stereocenters. The van der Waals surface area contributed by atoms with Gasteiger partial charge in [0.05, 0.1) is 19.0 Å². The SMILES string of the molecule is COc1ccccc1-c1ccnc(C2CCN(C(=O)c3cn[nH]c3[N+](=O)[O-])CC2)n1. The van der Waals surface area contributed by atoms with Gasteiger partial charge in [-0.2, -0.15) is 0 Å². The standard InChI is InChI=1S/C20H20N6O4/c1-30-17-5-3-2-4-14(17)16-6-9-21-18(23-16)13-7-10-25(11-8-13)20(27)15-12-22-24-19(15)26(28)29/h2-6,9,12-13H,7-8,10-11H2,1H3,(H,22,24). The number of nitro groups is 1. The number of ether oxygens (including phenoxy) is 1. The van der Waals surface area contributed by atoms with Gasteiger partial charge in [-0.05, 0) is 36.0 Å². The highest BCUT2D eigenvalue weighted by Gasteiger charge is 2.30. The molecule has 0 atom stereocenters. The second-order valence-corrected chi connectivity index (χ2v) is 6.96. The largest absolute Gasteiger partial charge is 0.496 e. The fourth-order valence-electron chi connectivity index (χ4n) is 3.66. The van der Waals surface area contributed by atoms with E-state index in [-0.39, 0.29) is 17.3 Å². The number of amides is 1. The molecular weight excluding hydrogens is 388 g/mol. The van der Waals surface area contributed by atoms with Gasteiger partial charge in [0.2, 0.25) is 0 Å². The molecule has 1 saturated heterocycles. The number of para-hydroxylation sites is 1. The third-order valence-electron chi connectivity index (χ3n) is 5.24. The van der Waals surface area contributed by atoms with Crippen molar-refractivity contribution in [2.24, 2.45) is 0 Å². The van der Waals surface area contributed by atoms with Gasteiger partial charge in [0.25, 0.3) is 5.91 Å². The molecule has 1 aliphatic rings. The highest BCUT2D eigenvalue weighted by Crippen LogP contribution is 2.31. The topological polar surface area (TPSA) is 127 Å². The van der Waals surface area contributed by atoms with E-state index < -0.39 is 10.8 Å². The molecule has 1 aliphatic heterocycles. The maximum absolute atomic E-state index is 12.7. The van der Waals surface area contributed by atoms with Gasteiger partial charge >= 0.3 is 5.82 Å². The number of likely N-dealkylation sites (tertiary alicyclic amines) is 1. The van der Waals surface area contributed by atoms with Gasteiger partial charge in [-0.25, -0.2) is 9.97 Å². The summed E-state index contributed by atoms with van der Waals surface area (Å²) in [5.41, 5.74) is 1.65. The van der Waals surface area contributed by atoms with Gasteiger partial charge in [0.1, 0.15) is 11.6 Å². The molecule has 1 fully saturated rings. The molecule has 0 aliphatic carbocycles. The monoisotopic (exact) mass is 408 g/mol. The van der Waals surface area contributed by atoms with Crippen LogP contribution in [-0.2, 0) is 0 Å². The first-order valence-corrected chi connectivity index (χ1v) is 9.52. The van der Waals surface area contributed by atoms with Crippen LogP contribution in [0.1, 0.15) is 34.9 Å². The first-order chi connectivity index (χ1) is 14.6. The summed E-state index contributed by atoms with van der Waals surface area (Å²) in [5.74, 6) is 0.791.